The molecule has 0 aliphatic carbocycles. The van der Waals surface area contributed by atoms with Gasteiger partial charge in [-0.25, -0.2) is 13.8 Å². The number of carbonyl (C=O) groups excluding carboxylic acids is 1. The molecule has 0 atom stereocenters. The van der Waals surface area contributed by atoms with E-state index in [9.17, 15) is 13.6 Å². The number of amides is 1. The molecule has 0 fully saturated rings. The number of fused-ring (bicyclic) bond motifs is 2. The van der Waals surface area contributed by atoms with Gasteiger partial charge < -0.3 is 9.32 Å². The van der Waals surface area contributed by atoms with E-state index >= 15 is 0 Å². The Kier molecular flexibility index (Phi) is 5.78. The highest BCUT2D eigenvalue weighted by molar-refractivity contribution is 7.22. The molecule has 4 aromatic rings. The van der Waals surface area contributed by atoms with Crippen molar-refractivity contribution in [2.75, 3.05) is 31.1 Å². The Morgan fingerprint density at radius 2 is 1.87 bits per heavy atom. The third-order valence-electron chi connectivity index (χ3n) is 5.05. The number of aromatic nitrogens is 1. The van der Waals surface area contributed by atoms with Crippen LogP contribution in [-0.2, 0) is 0 Å². The summed E-state index contributed by atoms with van der Waals surface area (Å²) in [5, 5.41) is 1.13. The summed E-state index contributed by atoms with van der Waals surface area (Å²) in [5.74, 6) is -1.60. The number of para-hydroxylation sites is 1. The lowest BCUT2D eigenvalue weighted by atomic mass is 10.2. The predicted molar refractivity (Wildman–Crippen MR) is 115 cm³/mol. The minimum atomic E-state index is -0.743. The molecule has 2 heterocycles. The fraction of sp³-hybridized carbons (Fsp3) is 0.273. The third kappa shape index (κ3) is 3.93. The van der Waals surface area contributed by atoms with Gasteiger partial charge in [0.2, 0.25) is 0 Å². The van der Waals surface area contributed by atoms with E-state index in [4.69, 9.17) is 4.42 Å². The van der Waals surface area contributed by atoms with Crippen LogP contribution in [0.3, 0.4) is 0 Å². The highest BCUT2D eigenvalue weighted by atomic mass is 32.1. The van der Waals surface area contributed by atoms with Gasteiger partial charge in [0.05, 0.1) is 4.70 Å². The summed E-state index contributed by atoms with van der Waals surface area (Å²) in [6.07, 6.45) is 0. The van der Waals surface area contributed by atoms with Gasteiger partial charge in [0.1, 0.15) is 16.9 Å². The summed E-state index contributed by atoms with van der Waals surface area (Å²) in [6.45, 7) is 6.73. The first kappa shape index (κ1) is 20.4. The molecule has 1 amide bonds. The van der Waals surface area contributed by atoms with Crippen molar-refractivity contribution in [1.82, 2.24) is 9.88 Å². The number of hydrogen-bond donors (Lipinski definition) is 0. The summed E-state index contributed by atoms with van der Waals surface area (Å²) in [4.78, 5) is 21.3. The van der Waals surface area contributed by atoms with Gasteiger partial charge in [-0.1, -0.05) is 43.4 Å². The molecule has 2 aromatic carbocycles. The molecule has 2 aromatic heterocycles. The van der Waals surface area contributed by atoms with Gasteiger partial charge in [0, 0.05) is 24.5 Å². The van der Waals surface area contributed by atoms with Crippen molar-refractivity contribution < 1.29 is 18.0 Å². The maximum Gasteiger partial charge on any atom is 0.295 e. The van der Waals surface area contributed by atoms with Crippen LogP contribution in [0.15, 0.2) is 46.9 Å². The number of benzene rings is 2. The van der Waals surface area contributed by atoms with Crippen molar-refractivity contribution in [2.45, 2.75) is 13.8 Å². The molecule has 0 N–H and O–H groups in total. The fourth-order valence-corrected chi connectivity index (χ4v) is 4.38. The van der Waals surface area contributed by atoms with Crippen molar-refractivity contribution in [3.63, 3.8) is 0 Å². The van der Waals surface area contributed by atoms with Crippen LogP contribution in [0.4, 0.5) is 13.9 Å². The molecule has 5 nitrogen and oxygen atoms in total. The van der Waals surface area contributed by atoms with E-state index in [1.165, 1.54) is 11.0 Å². The number of hydrogen-bond acceptors (Lipinski definition) is 5. The summed E-state index contributed by atoms with van der Waals surface area (Å²) in [7, 11) is 0. The lowest BCUT2D eigenvalue weighted by molar-refractivity contribution is 0.0959. The Hall–Kier alpha value is -2.84. The van der Waals surface area contributed by atoms with Crippen LogP contribution in [0.2, 0.25) is 0 Å². The highest BCUT2D eigenvalue weighted by Crippen LogP contribution is 2.32. The van der Waals surface area contributed by atoms with Crippen LogP contribution < -0.4 is 4.90 Å². The Morgan fingerprint density at radius 1 is 1.10 bits per heavy atom. The molecule has 0 aliphatic heterocycles. The standard InChI is InChI=1S/C22H21F2N3O2S/c1-3-26(4-2)9-10-27(21(28)18-11-14-7-5-6-8-17(14)29-18)22-25-20-16(24)12-15(23)13-19(20)30-22/h5-8,11-13H,3-4,9-10H2,1-2H3. The van der Waals surface area contributed by atoms with Gasteiger partial charge in [-0.15, -0.1) is 0 Å². The van der Waals surface area contributed by atoms with E-state index in [1.54, 1.807) is 12.1 Å². The molecule has 8 heteroatoms. The van der Waals surface area contributed by atoms with Crippen LogP contribution in [0, 0.1) is 11.6 Å². The second-order valence-corrected chi connectivity index (χ2v) is 7.87. The SMILES string of the molecule is CCN(CC)CCN(C(=O)c1cc2ccccc2o1)c1nc2c(F)cc(F)cc2s1. The molecule has 0 saturated heterocycles. The van der Waals surface area contributed by atoms with Gasteiger partial charge >= 0.3 is 0 Å². The third-order valence-corrected chi connectivity index (χ3v) is 6.07. The zero-order valence-corrected chi connectivity index (χ0v) is 17.5. The summed E-state index contributed by atoms with van der Waals surface area (Å²) in [5.41, 5.74) is 0.670. The fourth-order valence-electron chi connectivity index (χ4n) is 3.35. The van der Waals surface area contributed by atoms with E-state index in [0.717, 1.165) is 35.9 Å². The molecule has 0 radical (unpaired) electrons. The van der Waals surface area contributed by atoms with Crippen molar-refractivity contribution >= 4 is 43.6 Å². The second kappa shape index (κ2) is 8.49. The molecule has 156 valence electrons. The zero-order valence-electron chi connectivity index (χ0n) is 16.7. The number of nitrogens with zero attached hydrogens (tertiary/aromatic N) is 3. The minimum absolute atomic E-state index is 0.0571. The van der Waals surface area contributed by atoms with Crippen LogP contribution in [0.25, 0.3) is 21.2 Å². The topological polar surface area (TPSA) is 49.6 Å². The predicted octanol–water partition coefficient (Wildman–Crippen LogP) is 5.31. The maximum atomic E-state index is 14.2. The van der Waals surface area contributed by atoms with Crippen molar-refractivity contribution in [3.05, 3.63) is 59.9 Å². The Morgan fingerprint density at radius 3 is 2.60 bits per heavy atom. The second-order valence-electron chi connectivity index (χ2n) is 6.86. The normalized spacial score (nSPS) is 11.6. The van der Waals surface area contributed by atoms with E-state index < -0.39 is 11.6 Å². The molecular weight excluding hydrogens is 408 g/mol. The summed E-state index contributed by atoms with van der Waals surface area (Å²) >= 11 is 1.08. The lowest BCUT2D eigenvalue weighted by Crippen LogP contribution is -2.38. The van der Waals surface area contributed by atoms with E-state index in [1.807, 2.05) is 32.0 Å². The Labute approximate surface area is 176 Å². The first-order chi connectivity index (χ1) is 14.5. The van der Waals surface area contributed by atoms with Crippen molar-refractivity contribution in [1.29, 1.82) is 0 Å². The number of rotatable bonds is 7. The van der Waals surface area contributed by atoms with Crippen LogP contribution in [-0.4, -0.2) is 42.0 Å². The molecule has 0 spiro atoms. The van der Waals surface area contributed by atoms with Crippen molar-refractivity contribution in [3.8, 4) is 0 Å². The molecular formula is C22H21F2N3O2S. The average Bonchev–Trinajstić information content (AvgIpc) is 3.35. The first-order valence-corrected chi connectivity index (χ1v) is 10.6. The zero-order chi connectivity index (χ0) is 21.3. The number of carbonyl (C=O) groups is 1. The molecule has 30 heavy (non-hydrogen) atoms. The minimum Gasteiger partial charge on any atom is -0.451 e. The van der Waals surface area contributed by atoms with Gasteiger partial charge in [-0.2, -0.15) is 0 Å². The number of anilines is 1. The molecule has 4 rings (SSSR count). The summed E-state index contributed by atoms with van der Waals surface area (Å²) < 4.78 is 33.9. The van der Waals surface area contributed by atoms with E-state index in [2.05, 4.69) is 9.88 Å². The van der Waals surface area contributed by atoms with Gasteiger partial charge in [0.15, 0.2) is 16.7 Å². The molecule has 0 saturated carbocycles. The first-order valence-electron chi connectivity index (χ1n) is 9.78. The van der Waals surface area contributed by atoms with Crippen LogP contribution >= 0.6 is 11.3 Å². The monoisotopic (exact) mass is 429 g/mol. The Balaban J connectivity index is 1.73. The maximum absolute atomic E-state index is 14.2. The van der Waals surface area contributed by atoms with Crippen LogP contribution in [0.5, 0.6) is 0 Å². The number of likely N-dealkylation sites (N-methyl/N-ethyl adjacent to an activating group) is 1. The summed E-state index contributed by atoms with van der Waals surface area (Å²) in [6, 6.07) is 11.1. The van der Waals surface area contributed by atoms with Gasteiger partial charge in [0.25, 0.3) is 5.91 Å². The van der Waals surface area contributed by atoms with Crippen molar-refractivity contribution in [2.24, 2.45) is 0 Å². The number of thiazole rings is 1. The molecule has 0 aliphatic rings. The largest absolute Gasteiger partial charge is 0.451 e. The average molecular weight is 429 g/mol. The molecule has 0 unspecified atom stereocenters. The van der Waals surface area contributed by atoms with Crippen LogP contribution in [0.1, 0.15) is 24.4 Å². The smallest absolute Gasteiger partial charge is 0.295 e. The lowest BCUT2D eigenvalue weighted by Gasteiger charge is -2.24. The number of halogens is 2. The Bertz CT molecular complexity index is 1170. The van der Waals surface area contributed by atoms with E-state index in [0.29, 0.717) is 28.5 Å². The quantitative estimate of drug-likeness (QED) is 0.400. The number of furan rings is 1. The van der Waals surface area contributed by atoms with Gasteiger partial charge in [-0.3, -0.25) is 9.69 Å². The van der Waals surface area contributed by atoms with Gasteiger partial charge in [-0.05, 0) is 31.3 Å². The molecule has 0 bridgehead atoms. The van der Waals surface area contributed by atoms with E-state index in [-0.39, 0.29) is 17.2 Å². The highest BCUT2D eigenvalue weighted by Gasteiger charge is 2.25.